The predicted molar refractivity (Wildman–Crippen MR) is 69.3 cm³/mol. The molecule has 2 rings (SSSR count). The molecule has 1 atom stereocenters. The maximum absolute atomic E-state index is 10.7. The highest BCUT2D eigenvalue weighted by Gasteiger charge is 2.02. The molecule has 0 amide bonds. The Bertz CT molecular complexity index is 581. The van der Waals surface area contributed by atoms with Crippen LogP contribution in [0.3, 0.4) is 0 Å². The van der Waals surface area contributed by atoms with Crippen LogP contribution in [0.4, 0.5) is 5.69 Å². The second-order valence-electron chi connectivity index (χ2n) is 3.83. The molecule has 5 heteroatoms. The van der Waals surface area contributed by atoms with Gasteiger partial charge in [0.2, 0.25) is 0 Å². The van der Waals surface area contributed by atoms with Crippen LogP contribution in [-0.4, -0.2) is 8.76 Å². The summed E-state index contributed by atoms with van der Waals surface area (Å²) < 4.78 is 27.1. The number of hydrogen-bond acceptors (Lipinski definition) is 4. The van der Waals surface area contributed by atoms with Gasteiger partial charge in [-0.25, -0.2) is 0 Å². The van der Waals surface area contributed by atoms with E-state index >= 15 is 0 Å². The van der Waals surface area contributed by atoms with Crippen molar-refractivity contribution in [1.82, 2.24) is 0 Å². The van der Waals surface area contributed by atoms with Gasteiger partial charge in [-0.1, -0.05) is 0 Å². The maximum atomic E-state index is 10.7. The number of aryl methyl sites for hydroxylation is 1. The monoisotopic (exact) mass is 262 g/mol. The Hall–Kier alpha value is -1.85. The van der Waals surface area contributed by atoms with Crippen LogP contribution in [0.5, 0.6) is 11.5 Å². The summed E-state index contributed by atoms with van der Waals surface area (Å²) in [5, 5.41) is 0. The second-order valence-corrected chi connectivity index (χ2v) is 4.77. The van der Waals surface area contributed by atoms with Crippen molar-refractivity contribution in [2.75, 3.05) is 5.73 Å². The quantitative estimate of drug-likeness (QED) is 0.681. The zero-order valence-electron chi connectivity index (χ0n) is 9.75. The Balaban J connectivity index is 2.21. The third-order valence-corrected chi connectivity index (χ3v) is 3.10. The molecule has 0 aliphatic heterocycles. The Labute approximate surface area is 108 Å². The molecule has 0 aromatic heterocycles. The van der Waals surface area contributed by atoms with Gasteiger partial charge in [-0.2, -0.15) is 0 Å². The molecule has 4 nitrogen and oxygen atoms in total. The normalized spacial score (nSPS) is 12.1. The van der Waals surface area contributed by atoms with Crippen molar-refractivity contribution < 1.29 is 13.5 Å². The Morgan fingerprint density at radius 2 is 1.83 bits per heavy atom. The van der Waals surface area contributed by atoms with Crippen LogP contribution >= 0.6 is 0 Å². The van der Waals surface area contributed by atoms with Gasteiger partial charge in [0.15, 0.2) is 0 Å². The molecule has 0 fully saturated rings. The molecule has 0 aliphatic rings. The molecular weight excluding hydrogens is 250 g/mol. The first kappa shape index (κ1) is 12.6. The average Bonchev–Trinajstić information content (AvgIpc) is 2.33. The van der Waals surface area contributed by atoms with Gasteiger partial charge in [0.1, 0.15) is 11.5 Å². The molecule has 18 heavy (non-hydrogen) atoms. The summed E-state index contributed by atoms with van der Waals surface area (Å²) >= 11 is -2.21. The maximum Gasteiger partial charge on any atom is 0.130 e. The zero-order chi connectivity index (χ0) is 13.1. The van der Waals surface area contributed by atoms with E-state index in [1.54, 1.807) is 24.3 Å². The molecule has 0 aliphatic carbocycles. The highest BCUT2D eigenvalue weighted by molar-refractivity contribution is 7.79. The molecule has 0 saturated carbocycles. The number of nitrogens with two attached hydrogens (primary N) is 1. The zero-order valence-corrected chi connectivity index (χ0v) is 10.6. The van der Waals surface area contributed by atoms with Crippen LogP contribution in [0.25, 0.3) is 0 Å². The summed E-state index contributed by atoms with van der Waals surface area (Å²) in [7, 11) is 0. The van der Waals surface area contributed by atoms with E-state index in [9.17, 15) is 8.76 Å². The van der Waals surface area contributed by atoms with E-state index < -0.39 is 11.1 Å². The molecule has 2 aromatic carbocycles. The second kappa shape index (κ2) is 5.20. The van der Waals surface area contributed by atoms with Gasteiger partial charge in [-0.05, 0) is 66.0 Å². The van der Waals surface area contributed by atoms with E-state index in [0.717, 1.165) is 5.56 Å². The van der Waals surface area contributed by atoms with Gasteiger partial charge in [0, 0.05) is 10.6 Å². The van der Waals surface area contributed by atoms with E-state index in [2.05, 4.69) is 0 Å². The fraction of sp³-hybridized carbons (Fsp3) is 0.0769. The van der Waals surface area contributed by atoms with Crippen molar-refractivity contribution in [3.05, 3.63) is 48.0 Å². The third kappa shape index (κ3) is 2.88. The lowest BCUT2D eigenvalue weighted by Crippen LogP contribution is -1.92. The summed E-state index contributed by atoms with van der Waals surface area (Å²) in [5.41, 5.74) is 7.25. The topological polar surface area (TPSA) is 75.4 Å². The van der Waals surface area contributed by atoms with Crippen LogP contribution in [0, 0.1) is 6.92 Å². The molecule has 1 unspecified atom stereocenters. The molecule has 94 valence electrons. The van der Waals surface area contributed by atoms with Gasteiger partial charge in [-0.3, -0.25) is 4.21 Å². The van der Waals surface area contributed by atoms with Crippen molar-refractivity contribution in [2.24, 2.45) is 0 Å². The number of hydrogen-bond donors (Lipinski definition) is 1. The van der Waals surface area contributed by atoms with E-state index in [0.29, 0.717) is 17.2 Å². The summed E-state index contributed by atoms with van der Waals surface area (Å²) in [6.45, 7) is 1.90. The molecular formula is C13H12NO3S-. The van der Waals surface area contributed by atoms with Crippen molar-refractivity contribution >= 4 is 16.8 Å². The first-order valence-corrected chi connectivity index (χ1v) is 6.37. The first-order valence-electron chi connectivity index (χ1n) is 5.29. The van der Waals surface area contributed by atoms with E-state index in [-0.39, 0.29) is 4.90 Å². The largest absolute Gasteiger partial charge is 0.768 e. The molecule has 0 heterocycles. The minimum Gasteiger partial charge on any atom is -0.768 e. The summed E-state index contributed by atoms with van der Waals surface area (Å²) in [5.74, 6) is 1.28. The minimum absolute atomic E-state index is 0.233. The highest BCUT2D eigenvalue weighted by atomic mass is 32.2. The van der Waals surface area contributed by atoms with E-state index in [1.165, 1.54) is 12.1 Å². The summed E-state index contributed by atoms with van der Waals surface area (Å²) in [6.07, 6.45) is 0. The van der Waals surface area contributed by atoms with Gasteiger partial charge >= 0.3 is 0 Å². The number of rotatable bonds is 3. The lowest BCUT2D eigenvalue weighted by Gasteiger charge is -2.10. The molecule has 2 N–H and O–H groups in total. The van der Waals surface area contributed by atoms with Crippen LogP contribution in [0.2, 0.25) is 0 Å². The number of ether oxygens (including phenoxy) is 1. The molecule has 0 saturated heterocycles. The van der Waals surface area contributed by atoms with Crippen LogP contribution in [0.1, 0.15) is 5.56 Å². The lowest BCUT2D eigenvalue weighted by molar-refractivity contribution is 0.478. The van der Waals surface area contributed by atoms with Crippen LogP contribution in [-0.2, 0) is 11.1 Å². The number of nitrogen functional groups attached to an aromatic ring is 1. The van der Waals surface area contributed by atoms with Crippen LogP contribution in [0.15, 0.2) is 47.4 Å². The van der Waals surface area contributed by atoms with Crippen LogP contribution < -0.4 is 10.5 Å². The van der Waals surface area contributed by atoms with Crippen molar-refractivity contribution in [1.29, 1.82) is 0 Å². The molecule has 2 aromatic rings. The standard InChI is InChI=1S/C13H13NO3S/c1-9-8-10(14)2-7-13(9)17-11-3-5-12(6-4-11)18(15)16/h2-8H,14H2,1H3,(H,15,16)/p-1. The van der Waals surface area contributed by atoms with Crippen molar-refractivity contribution in [3.63, 3.8) is 0 Å². The SMILES string of the molecule is Cc1cc(N)ccc1Oc1ccc(S(=O)[O-])cc1. The first-order chi connectivity index (χ1) is 8.56. The number of benzene rings is 2. The van der Waals surface area contributed by atoms with Crippen molar-refractivity contribution in [3.8, 4) is 11.5 Å². The molecule has 0 spiro atoms. The predicted octanol–water partition coefficient (Wildman–Crippen LogP) is 2.61. The Kier molecular flexibility index (Phi) is 3.64. The summed E-state index contributed by atoms with van der Waals surface area (Å²) in [4.78, 5) is 0.233. The van der Waals surface area contributed by atoms with E-state index in [4.69, 9.17) is 10.5 Å². The van der Waals surface area contributed by atoms with Gasteiger partial charge in [0.25, 0.3) is 0 Å². The minimum atomic E-state index is -2.21. The Morgan fingerprint density at radius 1 is 1.17 bits per heavy atom. The van der Waals surface area contributed by atoms with Gasteiger partial charge in [-0.15, -0.1) is 0 Å². The van der Waals surface area contributed by atoms with Gasteiger partial charge < -0.3 is 15.0 Å². The Morgan fingerprint density at radius 3 is 2.39 bits per heavy atom. The van der Waals surface area contributed by atoms with E-state index in [1.807, 2.05) is 13.0 Å². The smallest absolute Gasteiger partial charge is 0.130 e. The molecule has 0 radical (unpaired) electrons. The average molecular weight is 262 g/mol. The summed E-state index contributed by atoms with van der Waals surface area (Å²) in [6, 6.07) is 11.6. The number of anilines is 1. The fourth-order valence-electron chi connectivity index (χ4n) is 1.53. The lowest BCUT2D eigenvalue weighted by atomic mass is 10.2. The fourth-order valence-corrected chi connectivity index (χ4v) is 1.89. The molecule has 0 bridgehead atoms. The highest BCUT2D eigenvalue weighted by Crippen LogP contribution is 2.26. The van der Waals surface area contributed by atoms with Gasteiger partial charge in [0.05, 0.1) is 0 Å². The third-order valence-electron chi connectivity index (χ3n) is 2.44. The van der Waals surface area contributed by atoms with Crippen molar-refractivity contribution in [2.45, 2.75) is 11.8 Å².